The van der Waals surface area contributed by atoms with Gasteiger partial charge in [0.2, 0.25) is 0 Å². The number of nitrogens with one attached hydrogen (secondary N) is 1. The van der Waals surface area contributed by atoms with E-state index >= 15 is 0 Å². The molecule has 26 heavy (non-hydrogen) atoms. The molecule has 1 aromatic heterocycles. The minimum Gasteiger partial charge on any atom is -0.447 e. The maximum Gasteiger partial charge on any atom is 0.360 e. The first-order valence-electron chi connectivity index (χ1n) is 8.21. The number of esters is 1. The van der Waals surface area contributed by atoms with E-state index in [0.29, 0.717) is 19.4 Å². The Labute approximate surface area is 166 Å². The third kappa shape index (κ3) is 5.97. The lowest BCUT2D eigenvalue weighted by Crippen LogP contribution is -2.39. The predicted molar refractivity (Wildman–Crippen MR) is 104 cm³/mol. The van der Waals surface area contributed by atoms with Gasteiger partial charge in [-0.2, -0.15) is 4.37 Å². The van der Waals surface area contributed by atoms with Crippen LogP contribution in [-0.4, -0.2) is 28.9 Å². The van der Waals surface area contributed by atoms with Gasteiger partial charge in [0.1, 0.15) is 9.36 Å². The van der Waals surface area contributed by atoms with Gasteiger partial charge in [-0.25, -0.2) is 4.79 Å². The summed E-state index contributed by atoms with van der Waals surface area (Å²) in [5.41, 5.74) is 1.06. The number of halogens is 2. The number of amides is 1. The summed E-state index contributed by atoms with van der Waals surface area (Å²) in [5.74, 6) is -0.912. The molecule has 0 unspecified atom stereocenters. The molecule has 1 atom stereocenters. The third-order valence-electron chi connectivity index (χ3n) is 3.57. The third-order valence-corrected chi connectivity index (χ3v) is 5.18. The van der Waals surface area contributed by atoms with Gasteiger partial charge < -0.3 is 10.1 Å². The van der Waals surface area contributed by atoms with Gasteiger partial charge >= 0.3 is 5.97 Å². The minimum absolute atomic E-state index is 0.0504. The number of aromatic nitrogens is 1. The molecule has 140 valence electrons. The van der Waals surface area contributed by atoms with E-state index in [1.165, 1.54) is 0 Å². The molecule has 5 nitrogen and oxygen atoms in total. The van der Waals surface area contributed by atoms with Crippen LogP contribution in [0.15, 0.2) is 30.3 Å². The summed E-state index contributed by atoms with van der Waals surface area (Å²) in [6, 6.07) is 9.82. The average molecular weight is 415 g/mol. The summed E-state index contributed by atoms with van der Waals surface area (Å²) in [6.07, 6.45) is 0.190. The summed E-state index contributed by atoms with van der Waals surface area (Å²) in [4.78, 5) is 24.7. The van der Waals surface area contributed by atoms with Crippen molar-refractivity contribution < 1.29 is 14.3 Å². The Morgan fingerprint density at radius 1 is 1.23 bits per heavy atom. The van der Waals surface area contributed by atoms with E-state index in [9.17, 15) is 9.59 Å². The van der Waals surface area contributed by atoms with Crippen LogP contribution in [0.25, 0.3) is 0 Å². The van der Waals surface area contributed by atoms with Gasteiger partial charge in [-0.3, -0.25) is 4.79 Å². The van der Waals surface area contributed by atoms with E-state index in [1.807, 2.05) is 44.2 Å². The van der Waals surface area contributed by atoms with Crippen molar-refractivity contribution in [1.29, 1.82) is 0 Å². The molecule has 2 rings (SSSR count). The summed E-state index contributed by atoms with van der Waals surface area (Å²) >= 11 is 12.7. The first-order chi connectivity index (χ1) is 12.4. The highest BCUT2D eigenvalue weighted by molar-refractivity contribution is 7.11. The van der Waals surface area contributed by atoms with Crippen LogP contribution in [0.5, 0.6) is 0 Å². The van der Waals surface area contributed by atoms with Crippen molar-refractivity contribution in [3.8, 4) is 0 Å². The molecule has 0 fully saturated rings. The highest BCUT2D eigenvalue weighted by Crippen LogP contribution is 2.30. The fraction of sp³-hybridized carbons (Fsp3) is 0.389. The van der Waals surface area contributed by atoms with Crippen molar-refractivity contribution in [2.24, 2.45) is 5.92 Å². The van der Waals surface area contributed by atoms with Gasteiger partial charge in [-0.1, -0.05) is 67.4 Å². The van der Waals surface area contributed by atoms with Crippen molar-refractivity contribution >= 4 is 46.6 Å². The van der Waals surface area contributed by atoms with Crippen molar-refractivity contribution in [2.75, 3.05) is 6.54 Å². The van der Waals surface area contributed by atoms with Crippen LogP contribution in [0.4, 0.5) is 0 Å². The molecule has 0 radical (unpaired) electrons. The average Bonchev–Trinajstić information content (AvgIpc) is 2.94. The van der Waals surface area contributed by atoms with Gasteiger partial charge in [0.05, 0.1) is 0 Å². The highest BCUT2D eigenvalue weighted by atomic mass is 35.5. The number of carbonyl (C=O) groups is 2. The molecule has 1 N–H and O–H groups in total. The van der Waals surface area contributed by atoms with Crippen molar-refractivity contribution in [2.45, 2.75) is 32.8 Å². The second kappa shape index (κ2) is 9.90. The Kier molecular flexibility index (Phi) is 7.87. The van der Waals surface area contributed by atoms with E-state index in [1.54, 1.807) is 0 Å². The number of ether oxygens (including phenoxy) is 1. The van der Waals surface area contributed by atoms with Crippen molar-refractivity contribution in [3.05, 3.63) is 50.9 Å². The normalized spacial score (nSPS) is 12.0. The van der Waals surface area contributed by atoms with Gasteiger partial charge in [0, 0.05) is 6.54 Å². The van der Waals surface area contributed by atoms with Crippen LogP contribution in [0.2, 0.25) is 9.36 Å². The number of hydrogen-bond donors (Lipinski definition) is 1. The molecular formula is C18H20Cl2N2O3S. The van der Waals surface area contributed by atoms with E-state index in [-0.39, 0.29) is 26.9 Å². The zero-order valence-corrected chi connectivity index (χ0v) is 16.8. The van der Waals surface area contributed by atoms with Gasteiger partial charge in [0.25, 0.3) is 5.91 Å². The Bertz CT molecular complexity index is 750. The Hall–Kier alpha value is -1.63. The Morgan fingerprint density at radius 2 is 1.92 bits per heavy atom. The second-order valence-electron chi connectivity index (χ2n) is 6.17. The molecule has 2 aromatic rings. The van der Waals surface area contributed by atoms with Crippen molar-refractivity contribution in [3.63, 3.8) is 0 Å². The van der Waals surface area contributed by atoms with Gasteiger partial charge in [-0.15, -0.1) is 0 Å². The quantitative estimate of drug-likeness (QED) is 0.650. The van der Waals surface area contributed by atoms with Gasteiger partial charge in [0.15, 0.2) is 11.8 Å². The molecule has 0 bridgehead atoms. The minimum atomic E-state index is -0.908. The zero-order valence-electron chi connectivity index (χ0n) is 14.5. The fourth-order valence-corrected chi connectivity index (χ4v) is 3.28. The fourth-order valence-electron chi connectivity index (χ4n) is 2.30. The monoisotopic (exact) mass is 414 g/mol. The maximum absolute atomic E-state index is 12.5. The number of benzene rings is 1. The first kappa shape index (κ1) is 20.7. The summed E-state index contributed by atoms with van der Waals surface area (Å²) in [5, 5.41) is 2.87. The molecule has 0 saturated heterocycles. The number of nitrogens with zero attached hydrogens (tertiary/aromatic N) is 1. The maximum atomic E-state index is 12.5. The second-order valence-corrected chi connectivity index (χ2v) is 7.92. The SMILES string of the molecule is CC(C)C[C@H](OC(=O)c1nsc(Cl)c1Cl)C(=O)NCCc1ccccc1. The largest absolute Gasteiger partial charge is 0.447 e. The smallest absolute Gasteiger partial charge is 0.360 e. The molecular weight excluding hydrogens is 395 g/mol. The van der Waals surface area contributed by atoms with Crippen LogP contribution in [-0.2, 0) is 16.0 Å². The molecule has 1 heterocycles. The molecule has 0 aliphatic rings. The molecule has 0 aliphatic heterocycles. The molecule has 0 aliphatic carbocycles. The van der Waals surface area contributed by atoms with E-state index in [2.05, 4.69) is 9.69 Å². The van der Waals surface area contributed by atoms with Crippen LogP contribution in [0.3, 0.4) is 0 Å². The predicted octanol–water partition coefficient (Wildman–Crippen LogP) is 4.38. The molecule has 0 saturated carbocycles. The van der Waals surface area contributed by atoms with E-state index in [0.717, 1.165) is 17.1 Å². The topological polar surface area (TPSA) is 68.3 Å². The van der Waals surface area contributed by atoms with Gasteiger partial charge in [-0.05, 0) is 35.9 Å². The van der Waals surface area contributed by atoms with Crippen LogP contribution in [0.1, 0.15) is 36.3 Å². The number of rotatable bonds is 8. The number of carbonyl (C=O) groups excluding carboxylic acids is 2. The molecule has 1 aromatic carbocycles. The first-order valence-corrected chi connectivity index (χ1v) is 9.74. The Balaban J connectivity index is 1.95. The lowest BCUT2D eigenvalue weighted by molar-refractivity contribution is -0.130. The Morgan fingerprint density at radius 3 is 2.50 bits per heavy atom. The lowest BCUT2D eigenvalue weighted by atomic mass is 10.1. The summed E-state index contributed by atoms with van der Waals surface area (Å²) in [7, 11) is 0. The summed E-state index contributed by atoms with van der Waals surface area (Å²) in [6.45, 7) is 4.35. The molecule has 0 spiro atoms. The summed E-state index contributed by atoms with van der Waals surface area (Å²) < 4.78 is 9.45. The lowest BCUT2D eigenvalue weighted by Gasteiger charge is -2.19. The van der Waals surface area contributed by atoms with Crippen LogP contribution in [0, 0.1) is 5.92 Å². The van der Waals surface area contributed by atoms with Crippen LogP contribution < -0.4 is 5.32 Å². The molecule has 1 amide bonds. The zero-order chi connectivity index (χ0) is 19.1. The highest BCUT2D eigenvalue weighted by Gasteiger charge is 2.27. The van der Waals surface area contributed by atoms with Crippen molar-refractivity contribution in [1.82, 2.24) is 9.69 Å². The molecule has 8 heteroatoms. The van der Waals surface area contributed by atoms with E-state index in [4.69, 9.17) is 27.9 Å². The standard InChI is InChI=1S/C18H20Cl2N2O3S/c1-11(2)10-13(25-18(24)15-14(19)16(20)26-22-15)17(23)21-9-8-12-6-4-3-5-7-12/h3-7,11,13H,8-10H2,1-2H3,(H,21,23)/t13-/m0/s1. The van der Waals surface area contributed by atoms with E-state index < -0.39 is 12.1 Å². The number of hydrogen-bond acceptors (Lipinski definition) is 5. The van der Waals surface area contributed by atoms with Crippen LogP contribution >= 0.6 is 34.7 Å².